The Morgan fingerprint density at radius 3 is 2.76 bits per heavy atom. The van der Waals surface area contributed by atoms with Crippen LogP contribution in [0.3, 0.4) is 0 Å². The number of anilines is 2. The second-order valence-corrected chi connectivity index (χ2v) is 5.16. The minimum absolute atomic E-state index is 0.0259. The van der Waals surface area contributed by atoms with Gasteiger partial charge < -0.3 is 10.1 Å². The average Bonchev–Trinajstić information content (AvgIpc) is 2.82. The number of benzene rings is 2. The zero-order chi connectivity index (χ0) is 14.8. The van der Waals surface area contributed by atoms with Crippen LogP contribution in [0.25, 0.3) is 10.2 Å². The Morgan fingerprint density at radius 1 is 1.14 bits per heavy atom. The maximum atomic E-state index is 13.1. The number of ether oxygens (including phenoxy) is 1. The number of nitrogens with zero attached hydrogens (tertiary/aromatic N) is 1. The van der Waals surface area contributed by atoms with Crippen LogP contribution in [-0.2, 0) is 0 Å². The molecule has 0 aliphatic heterocycles. The van der Waals surface area contributed by atoms with Crippen molar-refractivity contribution in [2.24, 2.45) is 0 Å². The van der Waals surface area contributed by atoms with Gasteiger partial charge in [-0.3, -0.25) is 0 Å². The molecule has 0 spiro atoms. The number of halogens is 3. The highest BCUT2D eigenvalue weighted by molar-refractivity contribution is 7.22. The summed E-state index contributed by atoms with van der Waals surface area (Å²) < 4.78 is 43.0. The van der Waals surface area contributed by atoms with Gasteiger partial charge >= 0.3 is 6.61 Å². The molecule has 0 bridgehead atoms. The lowest BCUT2D eigenvalue weighted by atomic mass is 10.3. The van der Waals surface area contributed by atoms with Gasteiger partial charge in [-0.05, 0) is 24.3 Å². The lowest BCUT2D eigenvalue weighted by Gasteiger charge is -2.10. The number of alkyl halides is 2. The molecular formula is C14H9F3N2OS. The van der Waals surface area contributed by atoms with Crippen LogP contribution in [0.15, 0.2) is 42.5 Å². The average molecular weight is 310 g/mol. The fourth-order valence-corrected chi connectivity index (χ4v) is 2.70. The van der Waals surface area contributed by atoms with E-state index in [-0.39, 0.29) is 11.6 Å². The van der Waals surface area contributed by atoms with Crippen molar-refractivity contribution in [1.29, 1.82) is 0 Å². The fraction of sp³-hybridized carbons (Fsp3) is 0.0714. The molecule has 0 fully saturated rings. The van der Waals surface area contributed by atoms with Crippen LogP contribution >= 0.6 is 11.3 Å². The van der Waals surface area contributed by atoms with E-state index in [1.165, 1.54) is 29.5 Å². The number of fused-ring (bicyclic) bond motifs is 1. The molecule has 21 heavy (non-hydrogen) atoms. The molecule has 3 nitrogen and oxygen atoms in total. The highest BCUT2D eigenvalue weighted by Gasteiger charge is 2.11. The van der Waals surface area contributed by atoms with E-state index in [9.17, 15) is 13.2 Å². The van der Waals surface area contributed by atoms with E-state index in [1.807, 2.05) is 0 Å². The third kappa shape index (κ3) is 3.08. The van der Waals surface area contributed by atoms with Crippen LogP contribution in [0.1, 0.15) is 0 Å². The smallest absolute Gasteiger partial charge is 0.387 e. The molecule has 3 rings (SSSR count). The summed E-state index contributed by atoms with van der Waals surface area (Å²) in [5.41, 5.74) is 0.882. The summed E-state index contributed by atoms with van der Waals surface area (Å²) in [5.74, 6) is -0.348. The third-order valence-electron chi connectivity index (χ3n) is 2.69. The summed E-state index contributed by atoms with van der Waals surface area (Å²) in [4.78, 5) is 4.21. The normalized spacial score (nSPS) is 11.0. The topological polar surface area (TPSA) is 34.1 Å². The van der Waals surface area contributed by atoms with Gasteiger partial charge in [0.25, 0.3) is 0 Å². The molecule has 0 aliphatic rings. The van der Waals surface area contributed by atoms with Crippen molar-refractivity contribution in [3.8, 4) is 5.75 Å². The number of hydrogen-bond donors (Lipinski definition) is 1. The number of para-hydroxylation sites is 2. The first-order valence-electron chi connectivity index (χ1n) is 5.99. The van der Waals surface area contributed by atoms with E-state index < -0.39 is 6.61 Å². The van der Waals surface area contributed by atoms with Gasteiger partial charge in [-0.2, -0.15) is 8.78 Å². The van der Waals surface area contributed by atoms with Crippen LogP contribution < -0.4 is 10.1 Å². The Morgan fingerprint density at radius 2 is 1.95 bits per heavy atom. The van der Waals surface area contributed by atoms with Crippen molar-refractivity contribution >= 4 is 32.4 Å². The van der Waals surface area contributed by atoms with Crippen molar-refractivity contribution in [2.75, 3.05) is 5.32 Å². The summed E-state index contributed by atoms with van der Waals surface area (Å²) >= 11 is 1.30. The quantitative estimate of drug-likeness (QED) is 0.753. The Balaban J connectivity index is 1.91. The van der Waals surface area contributed by atoms with E-state index in [2.05, 4.69) is 15.0 Å². The fourth-order valence-electron chi connectivity index (χ4n) is 1.84. The monoisotopic (exact) mass is 310 g/mol. The van der Waals surface area contributed by atoms with Gasteiger partial charge in [0.1, 0.15) is 11.6 Å². The van der Waals surface area contributed by atoms with Crippen molar-refractivity contribution in [3.05, 3.63) is 48.3 Å². The molecule has 7 heteroatoms. The van der Waals surface area contributed by atoms with Gasteiger partial charge in [-0.25, -0.2) is 9.37 Å². The molecule has 1 aromatic heterocycles. The third-order valence-corrected chi connectivity index (χ3v) is 3.65. The molecule has 0 aliphatic carbocycles. The van der Waals surface area contributed by atoms with E-state index in [1.54, 1.807) is 24.3 Å². The zero-order valence-electron chi connectivity index (χ0n) is 10.5. The van der Waals surface area contributed by atoms with Crippen LogP contribution in [0.2, 0.25) is 0 Å². The summed E-state index contributed by atoms with van der Waals surface area (Å²) in [7, 11) is 0. The predicted molar refractivity (Wildman–Crippen MR) is 75.9 cm³/mol. The first-order chi connectivity index (χ1) is 10.1. The van der Waals surface area contributed by atoms with E-state index in [0.29, 0.717) is 16.3 Å². The summed E-state index contributed by atoms with van der Waals surface area (Å²) in [6, 6.07) is 10.6. The summed E-state index contributed by atoms with van der Waals surface area (Å²) in [6.45, 7) is -2.91. The second-order valence-electron chi connectivity index (χ2n) is 4.13. The molecule has 3 aromatic rings. The maximum Gasteiger partial charge on any atom is 0.387 e. The Kier molecular flexibility index (Phi) is 3.66. The zero-order valence-corrected chi connectivity index (χ0v) is 11.3. The highest BCUT2D eigenvalue weighted by Crippen LogP contribution is 2.33. The first kappa shape index (κ1) is 13.7. The molecule has 1 heterocycles. The number of aromatic nitrogens is 1. The van der Waals surface area contributed by atoms with Crippen LogP contribution in [-0.4, -0.2) is 11.6 Å². The molecule has 0 radical (unpaired) electrons. The number of rotatable bonds is 4. The summed E-state index contributed by atoms with van der Waals surface area (Å²) in [6.07, 6.45) is 0. The second kappa shape index (κ2) is 5.61. The van der Waals surface area contributed by atoms with E-state index in [0.717, 1.165) is 4.70 Å². The highest BCUT2D eigenvalue weighted by atomic mass is 32.1. The van der Waals surface area contributed by atoms with Crippen molar-refractivity contribution < 1.29 is 17.9 Å². The van der Waals surface area contributed by atoms with Gasteiger partial charge in [0.05, 0.1) is 15.9 Å². The van der Waals surface area contributed by atoms with Crippen LogP contribution in [0.5, 0.6) is 5.75 Å². The molecule has 0 atom stereocenters. The van der Waals surface area contributed by atoms with Gasteiger partial charge in [0.15, 0.2) is 5.13 Å². The molecular weight excluding hydrogens is 301 g/mol. The van der Waals surface area contributed by atoms with Crippen LogP contribution in [0.4, 0.5) is 24.0 Å². The molecule has 0 unspecified atom stereocenters. The van der Waals surface area contributed by atoms with E-state index >= 15 is 0 Å². The largest absolute Gasteiger partial charge is 0.433 e. The molecule has 2 aromatic carbocycles. The number of hydrogen-bond acceptors (Lipinski definition) is 4. The Labute approximate surface area is 122 Å². The minimum Gasteiger partial charge on any atom is -0.433 e. The molecule has 108 valence electrons. The van der Waals surface area contributed by atoms with Gasteiger partial charge in [-0.1, -0.05) is 23.5 Å². The first-order valence-corrected chi connectivity index (χ1v) is 6.80. The molecule has 1 N–H and O–H groups in total. The lowest BCUT2D eigenvalue weighted by Crippen LogP contribution is -2.04. The van der Waals surface area contributed by atoms with Crippen LogP contribution in [0, 0.1) is 5.82 Å². The Hall–Kier alpha value is -2.28. The van der Waals surface area contributed by atoms with Gasteiger partial charge in [0.2, 0.25) is 0 Å². The maximum absolute atomic E-state index is 13.1. The molecule has 0 saturated heterocycles. The van der Waals surface area contributed by atoms with E-state index in [4.69, 9.17) is 0 Å². The Bertz CT molecular complexity index is 776. The minimum atomic E-state index is -2.91. The van der Waals surface area contributed by atoms with Crippen molar-refractivity contribution in [2.45, 2.75) is 6.61 Å². The lowest BCUT2D eigenvalue weighted by molar-refractivity contribution is -0.0493. The number of nitrogens with one attached hydrogen (secondary N) is 1. The predicted octanol–water partition coefficient (Wildman–Crippen LogP) is 4.78. The molecule has 0 amide bonds. The SMILES string of the molecule is Fc1ccc2sc(Nc3ccccc3OC(F)F)nc2c1. The van der Waals surface area contributed by atoms with Gasteiger partial charge in [0, 0.05) is 6.07 Å². The van der Waals surface area contributed by atoms with Crippen molar-refractivity contribution in [1.82, 2.24) is 4.98 Å². The number of thiazole rings is 1. The molecule has 0 saturated carbocycles. The standard InChI is InChI=1S/C14H9F3N2OS/c15-8-5-6-12-10(7-8)19-14(21-12)18-9-3-1-2-4-11(9)20-13(16)17/h1-7,13H,(H,18,19). The summed E-state index contributed by atoms with van der Waals surface area (Å²) in [5, 5.41) is 3.39. The van der Waals surface area contributed by atoms with Crippen molar-refractivity contribution in [3.63, 3.8) is 0 Å². The van der Waals surface area contributed by atoms with Gasteiger partial charge in [-0.15, -0.1) is 0 Å².